The highest BCUT2D eigenvalue weighted by Gasteiger charge is 2.39. The second kappa shape index (κ2) is 6.71. The van der Waals surface area contributed by atoms with Gasteiger partial charge in [-0.2, -0.15) is 0 Å². The molecule has 1 N–H and O–H groups in total. The van der Waals surface area contributed by atoms with Gasteiger partial charge in [0, 0.05) is 36.0 Å². The minimum absolute atomic E-state index is 0.421. The Morgan fingerprint density at radius 2 is 1.75 bits per heavy atom. The molecule has 1 unspecified atom stereocenters. The zero-order valence-corrected chi connectivity index (χ0v) is 15.2. The van der Waals surface area contributed by atoms with Crippen molar-refractivity contribution in [3.63, 3.8) is 0 Å². The normalized spacial score (nSPS) is 20.9. The molecule has 1 aliphatic rings. The van der Waals surface area contributed by atoms with Crippen molar-refractivity contribution in [2.45, 2.75) is 25.3 Å². The van der Waals surface area contributed by atoms with Crippen LogP contribution in [-0.2, 0) is 6.42 Å². The van der Waals surface area contributed by atoms with Crippen LogP contribution in [0.4, 0.5) is 5.69 Å². The van der Waals surface area contributed by atoms with Crippen molar-refractivity contribution in [2.24, 2.45) is 0 Å². The summed E-state index contributed by atoms with van der Waals surface area (Å²) in [5, 5.41) is 10.0. The maximum absolute atomic E-state index is 8.53. The average Bonchev–Trinajstić information content (AvgIpc) is 2.54. The fourth-order valence-electron chi connectivity index (χ4n) is 2.80. The molecule has 0 aromatic carbocycles. The van der Waals surface area contributed by atoms with Gasteiger partial charge in [0.25, 0.3) is 0 Å². The summed E-state index contributed by atoms with van der Waals surface area (Å²) >= 11 is 18.0. The molecule has 4 nitrogen and oxygen atoms in total. The van der Waals surface area contributed by atoms with Crippen LogP contribution in [0.5, 0.6) is 0 Å². The number of allylic oxidation sites excluding steroid dienone is 1. The average molecular weight is 382 g/mol. The predicted molar refractivity (Wildman–Crippen MR) is 99.4 cm³/mol. The lowest BCUT2D eigenvalue weighted by molar-refractivity contribution is 0.573. The van der Waals surface area contributed by atoms with Gasteiger partial charge < -0.3 is 10.3 Å². The van der Waals surface area contributed by atoms with E-state index in [-0.39, 0.29) is 0 Å². The fourth-order valence-corrected chi connectivity index (χ4v) is 3.26. The highest BCUT2D eigenvalue weighted by Crippen LogP contribution is 2.36. The summed E-state index contributed by atoms with van der Waals surface area (Å²) in [5.41, 5.74) is 1.76. The molecule has 2 aromatic rings. The van der Waals surface area contributed by atoms with E-state index >= 15 is 0 Å². The Morgan fingerprint density at radius 1 is 1.08 bits per heavy atom. The van der Waals surface area contributed by atoms with Gasteiger partial charge in [-0.15, -0.1) is 0 Å². The molecule has 0 spiro atoms. The van der Waals surface area contributed by atoms with Crippen molar-refractivity contribution in [1.29, 1.82) is 5.41 Å². The van der Waals surface area contributed by atoms with Gasteiger partial charge in [0.1, 0.15) is 10.3 Å². The van der Waals surface area contributed by atoms with Gasteiger partial charge in [0.15, 0.2) is 0 Å². The zero-order valence-electron chi connectivity index (χ0n) is 12.9. The molecule has 0 amide bonds. The van der Waals surface area contributed by atoms with E-state index in [0.29, 0.717) is 33.9 Å². The van der Waals surface area contributed by atoms with Gasteiger partial charge in [-0.1, -0.05) is 40.9 Å². The van der Waals surface area contributed by atoms with Crippen LogP contribution < -0.4 is 4.90 Å². The first-order chi connectivity index (χ1) is 11.4. The lowest BCUT2D eigenvalue weighted by Crippen LogP contribution is -2.53. The second-order valence-corrected chi connectivity index (χ2v) is 7.14. The quantitative estimate of drug-likeness (QED) is 0.753. The van der Waals surface area contributed by atoms with Gasteiger partial charge in [-0.3, -0.25) is 0 Å². The molecule has 2 aromatic heterocycles. The molecule has 3 rings (SSSR count). The molecule has 3 heterocycles. The van der Waals surface area contributed by atoms with E-state index in [1.165, 1.54) is 0 Å². The van der Waals surface area contributed by atoms with Crippen LogP contribution in [0.15, 0.2) is 47.9 Å². The van der Waals surface area contributed by atoms with Crippen molar-refractivity contribution in [3.05, 3.63) is 63.8 Å². The molecule has 7 heteroatoms. The molecule has 1 aliphatic heterocycles. The molecule has 0 saturated heterocycles. The van der Waals surface area contributed by atoms with E-state index < -0.39 is 5.54 Å². The van der Waals surface area contributed by atoms with E-state index in [9.17, 15) is 0 Å². The van der Waals surface area contributed by atoms with E-state index in [4.69, 9.17) is 40.2 Å². The third-order valence-electron chi connectivity index (χ3n) is 4.12. The number of aromatic nitrogens is 2. The largest absolute Gasteiger partial charge is 0.334 e. The SMILES string of the molecule is CC1(Cc2ccc(Cl)nc2)C(=N)CC(Cl)=CN1c1ccc(Cl)nc1. The van der Waals surface area contributed by atoms with E-state index in [2.05, 4.69) is 9.97 Å². The Labute approximate surface area is 155 Å². The first kappa shape index (κ1) is 17.2. The van der Waals surface area contributed by atoms with Gasteiger partial charge >= 0.3 is 0 Å². The van der Waals surface area contributed by atoms with Crippen LogP contribution in [0.3, 0.4) is 0 Å². The third kappa shape index (κ3) is 3.41. The van der Waals surface area contributed by atoms with Crippen molar-refractivity contribution in [1.82, 2.24) is 9.97 Å². The first-order valence-electron chi connectivity index (χ1n) is 7.34. The lowest BCUT2D eigenvalue weighted by Gasteiger charge is -2.44. The number of halogens is 3. The Bertz CT molecular complexity index is 786. The highest BCUT2D eigenvalue weighted by molar-refractivity contribution is 6.32. The van der Waals surface area contributed by atoms with Gasteiger partial charge in [-0.05, 0) is 30.7 Å². The van der Waals surface area contributed by atoms with Crippen molar-refractivity contribution in [2.75, 3.05) is 4.90 Å². The minimum Gasteiger partial charge on any atom is -0.334 e. The predicted octanol–water partition coefficient (Wildman–Crippen LogP) is 5.09. The summed E-state index contributed by atoms with van der Waals surface area (Å²) in [5.74, 6) is 0. The van der Waals surface area contributed by atoms with E-state index in [1.807, 2.05) is 30.2 Å². The van der Waals surface area contributed by atoms with Gasteiger partial charge in [0.2, 0.25) is 0 Å². The van der Waals surface area contributed by atoms with E-state index in [1.54, 1.807) is 24.5 Å². The fraction of sp³-hybridized carbons (Fsp3) is 0.235. The second-order valence-electron chi connectivity index (χ2n) is 5.88. The third-order valence-corrected chi connectivity index (χ3v) is 4.80. The number of anilines is 1. The van der Waals surface area contributed by atoms with Gasteiger partial charge in [-0.25, -0.2) is 9.97 Å². The number of rotatable bonds is 3. The molecule has 124 valence electrons. The number of hydrogen-bond acceptors (Lipinski definition) is 4. The summed E-state index contributed by atoms with van der Waals surface area (Å²) in [4.78, 5) is 10.2. The minimum atomic E-state index is -0.580. The molecule has 0 aliphatic carbocycles. The molecular formula is C17H15Cl3N4. The summed E-state index contributed by atoms with van der Waals surface area (Å²) in [7, 11) is 0. The van der Waals surface area contributed by atoms with Gasteiger partial charge in [0.05, 0.1) is 17.4 Å². The monoisotopic (exact) mass is 380 g/mol. The molecule has 0 fully saturated rings. The smallest absolute Gasteiger partial charge is 0.129 e. The molecule has 24 heavy (non-hydrogen) atoms. The van der Waals surface area contributed by atoms with E-state index in [0.717, 1.165) is 11.3 Å². The Hall–Kier alpha value is -1.62. The number of hydrogen-bond donors (Lipinski definition) is 1. The molecule has 0 saturated carbocycles. The summed E-state index contributed by atoms with van der Waals surface area (Å²) < 4.78 is 0. The highest BCUT2D eigenvalue weighted by atomic mass is 35.5. The van der Waals surface area contributed by atoms with Crippen LogP contribution in [0.1, 0.15) is 18.9 Å². The van der Waals surface area contributed by atoms with Crippen molar-refractivity contribution < 1.29 is 0 Å². The molecule has 0 radical (unpaired) electrons. The number of nitrogens with one attached hydrogen (secondary N) is 1. The maximum Gasteiger partial charge on any atom is 0.129 e. The molecule has 1 atom stereocenters. The van der Waals surface area contributed by atoms with Crippen LogP contribution in [0.2, 0.25) is 10.3 Å². The van der Waals surface area contributed by atoms with Crippen molar-refractivity contribution in [3.8, 4) is 0 Å². The van der Waals surface area contributed by atoms with Crippen LogP contribution in [0.25, 0.3) is 0 Å². The first-order valence-corrected chi connectivity index (χ1v) is 8.47. The number of pyridine rings is 2. The Morgan fingerprint density at radius 3 is 2.33 bits per heavy atom. The Balaban J connectivity index is 2.01. The summed E-state index contributed by atoms with van der Waals surface area (Å²) in [6.07, 6.45) is 6.29. The lowest BCUT2D eigenvalue weighted by atomic mass is 9.83. The Kier molecular flexibility index (Phi) is 4.81. The molecule has 0 bridgehead atoms. The summed E-state index contributed by atoms with van der Waals surface area (Å²) in [6.45, 7) is 2.01. The van der Waals surface area contributed by atoms with Crippen LogP contribution in [-0.4, -0.2) is 21.2 Å². The molecular weight excluding hydrogens is 367 g/mol. The number of nitrogens with zero attached hydrogens (tertiary/aromatic N) is 3. The maximum atomic E-state index is 8.53. The van der Waals surface area contributed by atoms with Crippen molar-refractivity contribution >= 4 is 46.2 Å². The zero-order chi connectivity index (χ0) is 17.3. The van der Waals surface area contributed by atoms with Crippen LogP contribution in [0, 0.1) is 5.41 Å². The topological polar surface area (TPSA) is 52.9 Å². The van der Waals surface area contributed by atoms with Crippen LogP contribution >= 0.6 is 34.8 Å². The standard InChI is InChI=1S/C17H15Cl3N4/c1-17(7-11-2-4-15(19)22-8-11)14(21)6-12(18)10-24(17)13-3-5-16(20)23-9-13/h2-5,8-10,21H,6-7H2,1H3. The summed E-state index contributed by atoms with van der Waals surface area (Å²) in [6, 6.07) is 7.27.